The van der Waals surface area contributed by atoms with Crippen molar-refractivity contribution in [3.63, 3.8) is 0 Å². The molecule has 0 unspecified atom stereocenters. The van der Waals surface area contributed by atoms with E-state index in [1.807, 2.05) is 0 Å². The summed E-state index contributed by atoms with van der Waals surface area (Å²) in [4.78, 5) is 17.7. The molecular formula is C14H18N2O2. The highest BCUT2D eigenvalue weighted by molar-refractivity contribution is 5.92. The molecule has 0 bridgehead atoms. The molecule has 96 valence electrons. The zero-order valence-corrected chi connectivity index (χ0v) is 11.0. The van der Waals surface area contributed by atoms with Crippen molar-refractivity contribution in [1.82, 2.24) is 9.88 Å². The lowest BCUT2D eigenvalue weighted by molar-refractivity contribution is 0.0773. The summed E-state index contributed by atoms with van der Waals surface area (Å²) in [6.07, 6.45) is 1.54. The van der Waals surface area contributed by atoms with Crippen LogP contribution in [0.5, 0.6) is 0 Å². The van der Waals surface area contributed by atoms with Crippen LogP contribution in [0.3, 0.4) is 0 Å². The second-order valence-electron chi connectivity index (χ2n) is 4.47. The summed E-state index contributed by atoms with van der Waals surface area (Å²) in [6, 6.07) is 3.38. The van der Waals surface area contributed by atoms with E-state index in [4.69, 9.17) is 5.11 Å². The first-order valence-electron chi connectivity index (χ1n) is 5.86. The third-order valence-electron chi connectivity index (χ3n) is 2.28. The van der Waals surface area contributed by atoms with Gasteiger partial charge in [0, 0.05) is 25.4 Å². The van der Waals surface area contributed by atoms with Gasteiger partial charge in [-0.3, -0.25) is 4.79 Å². The summed E-state index contributed by atoms with van der Waals surface area (Å²) >= 11 is 0. The van der Waals surface area contributed by atoms with Crippen LogP contribution in [-0.4, -0.2) is 41.1 Å². The lowest BCUT2D eigenvalue weighted by atomic mass is 10.2. The predicted molar refractivity (Wildman–Crippen MR) is 70.0 cm³/mol. The Hall–Kier alpha value is -1.86. The van der Waals surface area contributed by atoms with Crippen molar-refractivity contribution in [2.45, 2.75) is 13.8 Å². The zero-order chi connectivity index (χ0) is 13.5. The maximum atomic E-state index is 12.0. The number of aromatic nitrogens is 1. The Bertz CT molecular complexity index is 455. The lowest BCUT2D eigenvalue weighted by Gasteiger charge is -2.18. The maximum Gasteiger partial charge on any atom is 0.272 e. The minimum absolute atomic E-state index is 0.0923. The number of carbonyl (C=O) groups is 1. The number of aliphatic hydroxyl groups is 1. The molecule has 4 heteroatoms. The molecule has 0 aliphatic heterocycles. The van der Waals surface area contributed by atoms with Crippen LogP contribution in [0.15, 0.2) is 18.3 Å². The predicted octanol–water partition coefficient (Wildman–Crippen LogP) is 1.15. The fourth-order valence-electron chi connectivity index (χ4n) is 1.56. The highest BCUT2D eigenvalue weighted by atomic mass is 16.2. The van der Waals surface area contributed by atoms with Gasteiger partial charge in [-0.25, -0.2) is 4.98 Å². The van der Waals surface area contributed by atoms with Gasteiger partial charge >= 0.3 is 0 Å². The fourth-order valence-corrected chi connectivity index (χ4v) is 1.56. The van der Waals surface area contributed by atoms with Gasteiger partial charge in [0.05, 0.1) is 0 Å². The number of carbonyl (C=O) groups excluding carboxylic acids is 1. The largest absolute Gasteiger partial charge is 0.384 e. The highest BCUT2D eigenvalue weighted by Crippen LogP contribution is 2.04. The summed E-state index contributed by atoms with van der Waals surface area (Å²) in [5, 5.41) is 8.57. The van der Waals surface area contributed by atoms with Gasteiger partial charge in [0.15, 0.2) is 0 Å². The van der Waals surface area contributed by atoms with Crippen LogP contribution in [0.25, 0.3) is 0 Å². The van der Waals surface area contributed by atoms with E-state index in [0.29, 0.717) is 23.7 Å². The Labute approximate surface area is 108 Å². The van der Waals surface area contributed by atoms with Gasteiger partial charge in [0.1, 0.15) is 12.3 Å². The average Bonchev–Trinajstić information content (AvgIpc) is 2.35. The quantitative estimate of drug-likeness (QED) is 0.814. The van der Waals surface area contributed by atoms with Gasteiger partial charge in [0.2, 0.25) is 0 Å². The Kier molecular flexibility index (Phi) is 5.34. The van der Waals surface area contributed by atoms with E-state index < -0.39 is 0 Å². The van der Waals surface area contributed by atoms with Gasteiger partial charge < -0.3 is 10.0 Å². The van der Waals surface area contributed by atoms with Gasteiger partial charge in [-0.1, -0.05) is 25.7 Å². The van der Waals surface area contributed by atoms with Crippen LogP contribution in [0.2, 0.25) is 0 Å². The second kappa shape index (κ2) is 6.77. The van der Waals surface area contributed by atoms with Crippen LogP contribution < -0.4 is 0 Å². The van der Waals surface area contributed by atoms with Crippen molar-refractivity contribution >= 4 is 5.91 Å². The Morgan fingerprint density at radius 3 is 2.72 bits per heavy atom. The molecule has 0 saturated heterocycles. The molecule has 1 aromatic rings. The number of hydrogen-bond donors (Lipinski definition) is 1. The molecular weight excluding hydrogens is 228 g/mol. The molecule has 1 aromatic heterocycles. The molecule has 0 spiro atoms. The van der Waals surface area contributed by atoms with Crippen molar-refractivity contribution in [3.8, 4) is 11.8 Å². The molecule has 1 heterocycles. The number of rotatable bonds is 3. The normalized spacial score (nSPS) is 9.83. The minimum Gasteiger partial charge on any atom is -0.384 e. The first-order chi connectivity index (χ1) is 8.54. The first-order valence-corrected chi connectivity index (χ1v) is 5.86. The van der Waals surface area contributed by atoms with E-state index in [2.05, 4.69) is 30.7 Å². The molecule has 0 fully saturated rings. The Morgan fingerprint density at radius 1 is 1.50 bits per heavy atom. The zero-order valence-electron chi connectivity index (χ0n) is 11.0. The third kappa shape index (κ3) is 4.19. The minimum atomic E-state index is -0.183. The number of nitrogens with zero attached hydrogens (tertiary/aromatic N) is 2. The van der Waals surface area contributed by atoms with Crippen molar-refractivity contribution in [3.05, 3.63) is 29.6 Å². The van der Waals surface area contributed by atoms with Crippen molar-refractivity contribution in [2.24, 2.45) is 5.92 Å². The van der Waals surface area contributed by atoms with E-state index in [1.54, 1.807) is 30.3 Å². The van der Waals surface area contributed by atoms with Gasteiger partial charge in [-0.15, -0.1) is 0 Å². The molecule has 0 radical (unpaired) electrons. The molecule has 0 saturated carbocycles. The second-order valence-corrected chi connectivity index (χ2v) is 4.47. The van der Waals surface area contributed by atoms with Gasteiger partial charge in [0.25, 0.3) is 5.91 Å². The molecule has 0 atom stereocenters. The number of amides is 1. The van der Waals surface area contributed by atoms with Crippen molar-refractivity contribution in [1.29, 1.82) is 0 Å². The SMILES string of the molecule is CC(C)CN(C)C(=O)c1ccc(C#CCO)cn1. The Morgan fingerprint density at radius 2 is 2.22 bits per heavy atom. The van der Waals surface area contributed by atoms with Gasteiger partial charge in [-0.2, -0.15) is 0 Å². The summed E-state index contributed by atoms with van der Waals surface area (Å²) in [5.74, 6) is 5.60. The number of pyridine rings is 1. The van der Waals surface area contributed by atoms with E-state index in [0.717, 1.165) is 0 Å². The average molecular weight is 246 g/mol. The maximum absolute atomic E-state index is 12.0. The molecule has 0 aliphatic carbocycles. The molecule has 4 nitrogen and oxygen atoms in total. The molecule has 1 amide bonds. The van der Waals surface area contributed by atoms with Crippen LogP contribution in [0.4, 0.5) is 0 Å². The summed E-state index contributed by atoms with van der Waals surface area (Å²) < 4.78 is 0. The molecule has 1 rings (SSSR count). The van der Waals surface area contributed by atoms with E-state index >= 15 is 0 Å². The number of hydrogen-bond acceptors (Lipinski definition) is 3. The Balaban J connectivity index is 2.75. The topological polar surface area (TPSA) is 53.4 Å². The van der Waals surface area contributed by atoms with E-state index in [1.165, 1.54) is 0 Å². The van der Waals surface area contributed by atoms with Crippen molar-refractivity contribution in [2.75, 3.05) is 20.2 Å². The summed E-state index contributed by atoms with van der Waals surface area (Å²) in [6.45, 7) is 4.64. The number of aliphatic hydroxyl groups excluding tert-OH is 1. The van der Waals surface area contributed by atoms with E-state index in [-0.39, 0.29) is 12.5 Å². The third-order valence-corrected chi connectivity index (χ3v) is 2.28. The monoisotopic (exact) mass is 246 g/mol. The molecule has 18 heavy (non-hydrogen) atoms. The van der Waals surface area contributed by atoms with Crippen LogP contribution >= 0.6 is 0 Å². The highest BCUT2D eigenvalue weighted by Gasteiger charge is 2.13. The molecule has 0 aromatic carbocycles. The lowest BCUT2D eigenvalue weighted by Crippen LogP contribution is -2.30. The van der Waals surface area contributed by atoms with Crippen molar-refractivity contribution < 1.29 is 9.90 Å². The molecule has 0 aliphatic rings. The smallest absolute Gasteiger partial charge is 0.272 e. The molecule has 1 N–H and O–H groups in total. The first kappa shape index (κ1) is 14.2. The van der Waals surface area contributed by atoms with Crippen LogP contribution in [0, 0.1) is 17.8 Å². The van der Waals surface area contributed by atoms with E-state index in [9.17, 15) is 4.79 Å². The standard InChI is InChI=1S/C14H18N2O2/c1-11(2)10-16(3)14(18)13-7-6-12(9-15-13)5-4-8-17/h6-7,9,11,17H,8,10H2,1-3H3. The van der Waals surface area contributed by atoms with Gasteiger partial charge in [-0.05, 0) is 18.1 Å². The summed E-state index contributed by atoms with van der Waals surface area (Å²) in [7, 11) is 1.77. The fraction of sp³-hybridized carbons (Fsp3) is 0.429. The van der Waals surface area contributed by atoms with Crippen LogP contribution in [-0.2, 0) is 0 Å². The summed E-state index contributed by atoms with van der Waals surface area (Å²) in [5.41, 5.74) is 1.10. The van der Waals surface area contributed by atoms with Crippen LogP contribution in [0.1, 0.15) is 29.9 Å².